The summed E-state index contributed by atoms with van der Waals surface area (Å²) < 4.78 is 0. The molecule has 0 amide bonds. The van der Waals surface area contributed by atoms with E-state index >= 15 is 0 Å². The summed E-state index contributed by atoms with van der Waals surface area (Å²) in [6.45, 7) is 2.82. The van der Waals surface area contributed by atoms with Crippen LogP contribution in [0.15, 0.2) is 12.2 Å². The fourth-order valence-corrected chi connectivity index (χ4v) is 1.52. The molecule has 3 heteroatoms. The molecular formula is C10H17NO2. The summed E-state index contributed by atoms with van der Waals surface area (Å²) in [5.41, 5.74) is 0. The van der Waals surface area contributed by atoms with E-state index in [4.69, 9.17) is 5.11 Å². The molecule has 1 rings (SSSR count). The molecule has 1 unspecified atom stereocenters. The van der Waals surface area contributed by atoms with Gasteiger partial charge in [-0.15, -0.1) is 0 Å². The standard InChI is InChI=1S/C10H17NO2/c1-8(9-4-2-5-9)11-7-3-6-10(12)13/h3,6,8-9,11H,2,4-5,7H2,1H3,(H,12,13)/b6-3+. The minimum atomic E-state index is -0.877. The van der Waals surface area contributed by atoms with Gasteiger partial charge >= 0.3 is 5.97 Å². The van der Waals surface area contributed by atoms with Crippen molar-refractivity contribution in [3.05, 3.63) is 12.2 Å². The Hall–Kier alpha value is -0.830. The normalized spacial score (nSPS) is 20.1. The average molecular weight is 183 g/mol. The SMILES string of the molecule is CC(NC/C=C/C(=O)O)C1CCC1. The summed E-state index contributed by atoms with van der Waals surface area (Å²) in [5, 5.41) is 11.6. The summed E-state index contributed by atoms with van der Waals surface area (Å²) in [6, 6.07) is 0.521. The maximum Gasteiger partial charge on any atom is 0.328 e. The van der Waals surface area contributed by atoms with Crippen LogP contribution in [0.3, 0.4) is 0 Å². The number of carbonyl (C=O) groups is 1. The highest BCUT2D eigenvalue weighted by Crippen LogP contribution is 2.29. The molecule has 0 aromatic rings. The zero-order chi connectivity index (χ0) is 9.68. The van der Waals surface area contributed by atoms with Crippen molar-refractivity contribution < 1.29 is 9.90 Å². The van der Waals surface area contributed by atoms with Gasteiger partial charge in [0, 0.05) is 18.7 Å². The molecule has 3 nitrogen and oxygen atoms in total. The molecule has 0 spiro atoms. The third-order valence-electron chi connectivity index (χ3n) is 2.68. The molecule has 0 heterocycles. The zero-order valence-corrected chi connectivity index (χ0v) is 7.99. The largest absolute Gasteiger partial charge is 0.478 e. The summed E-state index contributed by atoms with van der Waals surface area (Å²) in [4.78, 5) is 10.1. The first kappa shape index (κ1) is 10.3. The first-order valence-electron chi connectivity index (χ1n) is 4.83. The molecule has 1 saturated carbocycles. The van der Waals surface area contributed by atoms with E-state index in [9.17, 15) is 4.79 Å². The Morgan fingerprint density at radius 1 is 1.69 bits per heavy atom. The summed E-state index contributed by atoms with van der Waals surface area (Å²) >= 11 is 0. The second-order valence-corrected chi connectivity index (χ2v) is 3.63. The van der Waals surface area contributed by atoms with Gasteiger partial charge in [-0.3, -0.25) is 0 Å². The van der Waals surface area contributed by atoms with Gasteiger partial charge in [0.15, 0.2) is 0 Å². The van der Waals surface area contributed by atoms with E-state index in [0.29, 0.717) is 12.6 Å². The Morgan fingerprint density at radius 3 is 2.85 bits per heavy atom. The lowest BCUT2D eigenvalue weighted by atomic mass is 9.80. The Kier molecular flexibility index (Phi) is 3.96. The lowest BCUT2D eigenvalue weighted by Gasteiger charge is -2.31. The monoisotopic (exact) mass is 183 g/mol. The first-order chi connectivity index (χ1) is 6.20. The smallest absolute Gasteiger partial charge is 0.328 e. The second kappa shape index (κ2) is 5.02. The van der Waals surface area contributed by atoms with Crippen molar-refractivity contribution in [1.82, 2.24) is 5.32 Å². The summed E-state index contributed by atoms with van der Waals surface area (Å²) in [7, 11) is 0. The molecule has 0 saturated heterocycles. The van der Waals surface area contributed by atoms with E-state index < -0.39 is 5.97 Å². The van der Waals surface area contributed by atoms with Crippen LogP contribution in [0.5, 0.6) is 0 Å². The van der Waals surface area contributed by atoms with Gasteiger partial charge in [-0.25, -0.2) is 4.79 Å². The summed E-state index contributed by atoms with van der Waals surface area (Å²) in [6.07, 6.45) is 6.81. The van der Waals surface area contributed by atoms with Crippen molar-refractivity contribution in [2.24, 2.45) is 5.92 Å². The van der Waals surface area contributed by atoms with Crippen LogP contribution in [0.4, 0.5) is 0 Å². The van der Waals surface area contributed by atoms with Gasteiger partial charge in [0.05, 0.1) is 0 Å². The highest BCUT2D eigenvalue weighted by Gasteiger charge is 2.22. The van der Waals surface area contributed by atoms with Crippen LogP contribution in [0.1, 0.15) is 26.2 Å². The van der Waals surface area contributed by atoms with Gasteiger partial charge in [0.1, 0.15) is 0 Å². The molecule has 1 aliphatic rings. The molecule has 0 bridgehead atoms. The molecule has 0 aromatic heterocycles. The molecule has 0 aromatic carbocycles. The van der Waals surface area contributed by atoms with Gasteiger partial charge in [-0.05, 0) is 25.7 Å². The fraction of sp³-hybridized carbons (Fsp3) is 0.700. The van der Waals surface area contributed by atoms with Crippen molar-refractivity contribution in [3.63, 3.8) is 0 Å². The minimum Gasteiger partial charge on any atom is -0.478 e. The van der Waals surface area contributed by atoms with Crippen molar-refractivity contribution in [3.8, 4) is 0 Å². The Balaban J connectivity index is 2.07. The lowest BCUT2D eigenvalue weighted by molar-refractivity contribution is -0.131. The van der Waals surface area contributed by atoms with Gasteiger partial charge in [0.25, 0.3) is 0 Å². The number of carboxylic acid groups (broad SMARTS) is 1. The predicted molar refractivity (Wildman–Crippen MR) is 51.6 cm³/mol. The van der Waals surface area contributed by atoms with Crippen LogP contribution >= 0.6 is 0 Å². The fourth-order valence-electron chi connectivity index (χ4n) is 1.52. The molecule has 74 valence electrons. The molecule has 1 fully saturated rings. The minimum absolute atomic E-state index is 0.521. The van der Waals surface area contributed by atoms with Crippen LogP contribution in [-0.2, 0) is 4.79 Å². The molecule has 13 heavy (non-hydrogen) atoms. The van der Waals surface area contributed by atoms with Crippen molar-refractivity contribution in [2.45, 2.75) is 32.2 Å². The van der Waals surface area contributed by atoms with Crippen LogP contribution in [-0.4, -0.2) is 23.7 Å². The third-order valence-corrected chi connectivity index (χ3v) is 2.68. The van der Waals surface area contributed by atoms with Crippen molar-refractivity contribution in [1.29, 1.82) is 0 Å². The maximum atomic E-state index is 10.1. The van der Waals surface area contributed by atoms with Crippen LogP contribution < -0.4 is 5.32 Å². The van der Waals surface area contributed by atoms with Crippen LogP contribution in [0.2, 0.25) is 0 Å². The van der Waals surface area contributed by atoms with Crippen LogP contribution in [0.25, 0.3) is 0 Å². The van der Waals surface area contributed by atoms with E-state index in [0.717, 1.165) is 5.92 Å². The molecular weight excluding hydrogens is 166 g/mol. The molecule has 1 atom stereocenters. The van der Waals surface area contributed by atoms with Gasteiger partial charge < -0.3 is 10.4 Å². The zero-order valence-electron chi connectivity index (χ0n) is 7.99. The van der Waals surface area contributed by atoms with Gasteiger partial charge in [0.2, 0.25) is 0 Å². The summed E-state index contributed by atoms with van der Waals surface area (Å²) in [5.74, 6) is -0.0728. The van der Waals surface area contributed by atoms with Crippen LogP contribution in [0, 0.1) is 5.92 Å². The number of rotatable bonds is 5. The van der Waals surface area contributed by atoms with Crippen molar-refractivity contribution >= 4 is 5.97 Å². The maximum absolute atomic E-state index is 10.1. The third kappa shape index (κ3) is 3.59. The average Bonchev–Trinajstić information content (AvgIpc) is 1.94. The molecule has 0 aliphatic heterocycles. The number of hydrogen-bond donors (Lipinski definition) is 2. The van der Waals surface area contributed by atoms with E-state index in [1.807, 2.05) is 0 Å². The van der Waals surface area contributed by atoms with Gasteiger partial charge in [-0.2, -0.15) is 0 Å². The van der Waals surface area contributed by atoms with E-state index in [2.05, 4.69) is 12.2 Å². The molecule has 0 radical (unpaired) electrons. The predicted octanol–water partition coefficient (Wildman–Crippen LogP) is 1.41. The number of hydrogen-bond acceptors (Lipinski definition) is 2. The van der Waals surface area contributed by atoms with Crippen molar-refractivity contribution in [2.75, 3.05) is 6.54 Å². The Bertz CT molecular complexity index is 197. The van der Waals surface area contributed by atoms with Gasteiger partial charge in [-0.1, -0.05) is 12.5 Å². The molecule has 2 N–H and O–H groups in total. The van der Waals surface area contributed by atoms with E-state index in [-0.39, 0.29) is 0 Å². The van der Waals surface area contributed by atoms with E-state index in [1.54, 1.807) is 6.08 Å². The van der Waals surface area contributed by atoms with E-state index in [1.165, 1.54) is 25.3 Å². The Labute approximate surface area is 78.8 Å². The number of aliphatic carboxylic acids is 1. The highest BCUT2D eigenvalue weighted by molar-refractivity contribution is 5.79. The Morgan fingerprint density at radius 2 is 2.38 bits per heavy atom. The number of nitrogens with one attached hydrogen (secondary N) is 1. The second-order valence-electron chi connectivity index (χ2n) is 3.63. The quantitative estimate of drug-likeness (QED) is 0.633. The lowest BCUT2D eigenvalue weighted by Crippen LogP contribution is -2.37. The number of carboxylic acids is 1. The highest BCUT2D eigenvalue weighted by atomic mass is 16.4. The molecule has 1 aliphatic carbocycles. The topological polar surface area (TPSA) is 49.3 Å². The first-order valence-corrected chi connectivity index (χ1v) is 4.83.